The second kappa shape index (κ2) is 7.14. The lowest BCUT2D eigenvalue weighted by atomic mass is 10.1. The molecule has 23 heavy (non-hydrogen) atoms. The lowest BCUT2D eigenvalue weighted by Crippen LogP contribution is -2.46. The summed E-state index contributed by atoms with van der Waals surface area (Å²) >= 11 is 1.69. The van der Waals surface area contributed by atoms with E-state index in [1.165, 1.54) is 5.56 Å². The lowest BCUT2D eigenvalue weighted by molar-refractivity contribution is -0.138. The molecule has 7 heteroatoms. The van der Waals surface area contributed by atoms with Gasteiger partial charge in [0.05, 0.1) is 18.7 Å². The van der Waals surface area contributed by atoms with E-state index in [9.17, 15) is 9.59 Å². The Labute approximate surface area is 139 Å². The number of ether oxygens (including phenoxy) is 1. The van der Waals surface area contributed by atoms with E-state index in [0.717, 1.165) is 19.4 Å². The van der Waals surface area contributed by atoms with Crippen molar-refractivity contribution in [1.29, 1.82) is 0 Å². The third-order valence-electron chi connectivity index (χ3n) is 4.23. The Bertz CT molecular complexity index is 612. The van der Waals surface area contributed by atoms with E-state index in [4.69, 9.17) is 4.74 Å². The van der Waals surface area contributed by atoms with Crippen molar-refractivity contribution in [3.05, 3.63) is 33.7 Å². The largest absolute Gasteiger partial charge is 0.463 e. The number of urea groups is 1. The fourth-order valence-corrected chi connectivity index (χ4v) is 3.85. The zero-order valence-electron chi connectivity index (χ0n) is 13.1. The van der Waals surface area contributed by atoms with E-state index in [1.807, 2.05) is 0 Å². The molecule has 124 valence electrons. The minimum atomic E-state index is -0.360. The number of hydrogen-bond donors (Lipinski definition) is 2. The van der Waals surface area contributed by atoms with Crippen molar-refractivity contribution >= 4 is 23.3 Å². The van der Waals surface area contributed by atoms with Gasteiger partial charge in [-0.25, -0.2) is 9.59 Å². The quantitative estimate of drug-likeness (QED) is 0.808. The van der Waals surface area contributed by atoms with Crippen molar-refractivity contribution < 1.29 is 14.3 Å². The first-order chi connectivity index (χ1) is 11.2. The maximum atomic E-state index is 12.1. The molecule has 0 saturated carbocycles. The Balaban J connectivity index is 1.79. The summed E-state index contributed by atoms with van der Waals surface area (Å²) in [7, 11) is 0. The van der Waals surface area contributed by atoms with Crippen LogP contribution in [0.15, 0.2) is 28.1 Å². The van der Waals surface area contributed by atoms with E-state index >= 15 is 0 Å². The molecule has 1 atom stereocenters. The average molecular weight is 335 g/mol. The first-order valence-corrected chi connectivity index (χ1v) is 8.83. The molecule has 1 aromatic rings. The molecule has 0 spiro atoms. The van der Waals surface area contributed by atoms with Gasteiger partial charge in [0.1, 0.15) is 0 Å². The lowest BCUT2D eigenvalue weighted by Gasteiger charge is -2.28. The topological polar surface area (TPSA) is 70.7 Å². The van der Waals surface area contributed by atoms with Gasteiger partial charge in [-0.3, -0.25) is 4.90 Å². The van der Waals surface area contributed by atoms with Crippen LogP contribution in [0.2, 0.25) is 0 Å². The molecular weight excluding hydrogens is 314 g/mol. The van der Waals surface area contributed by atoms with Gasteiger partial charge in [0, 0.05) is 18.3 Å². The van der Waals surface area contributed by atoms with Crippen molar-refractivity contribution in [1.82, 2.24) is 15.5 Å². The monoisotopic (exact) mass is 335 g/mol. The van der Waals surface area contributed by atoms with Gasteiger partial charge >= 0.3 is 12.0 Å². The van der Waals surface area contributed by atoms with Crippen molar-refractivity contribution in [2.24, 2.45) is 0 Å². The van der Waals surface area contributed by atoms with Gasteiger partial charge in [-0.05, 0) is 48.7 Å². The van der Waals surface area contributed by atoms with Gasteiger partial charge in [-0.2, -0.15) is 11.3 Å². The van der Waals surface area contributed by atoms with Crippen molar-refractivity contribution in [3.63, 3.8) is 0 Å². The number of nitrogens with one attached hydrogen (secondary N) is 2. The molecule has 0 aromatic carbocycles. The normalized spacial score (nSPS) is 22.0. The predicted molar refractivity (Wildman–Crippen MR) is 88.1 cm³/mol. The van der Waals surface area contributed by atoms with E-state index < -0.39 is 0 Å². The van der Waals surface area contributed by atoms with E-state index in [2.05, 4.69) is 32.4 Å². The van der Waals surface area contributed by atoms with Gasteiger partial charge in [-0.15, -0.1) is 0 Å². The Morgan fingerprint density at radius 2 is 2.39 bits per heavy atom. The van der Waals surface area contributed by atoms with E-state index in [1.54, 1.807) is 18.3 Å². The molecular formula is C16H21N3O3S. The molecule has 3 heterocycles. The molecule has 0 aliphatic carbocycles. The van der Waals surface area contributed by atoms with Crippen LogP contribution in [0, 0.1) is 0 Å². The summed E-state index contributed by atoms with van der Waals surface area (Å²) < 4.78 is 5.11. The molecule has 3 rings (SSSR count). The highest BCUT2D eigenvalue weighted by atomic mass is 32.1. The minimum absolute atomic E-state index is 0.219. The first kappa shape index (κ1) is 16.0. The minimum Gasteiger partial charge on any atom is -0.463 e. The van der Waals surface area contributed by atoms with Gasteiger partial charge in [-0.1, -0.05) is 0 Å². The Morgan fingerprint density at radius 3 is 3.13 bits per heavy atom. The first-order valence-electron chi connectivity index (χ1n) is 7.89. The van der Waals surface area contributed by atoms with Crippen LogP contribution in [0.1, 0.15) is 31.4 Å². The number of carbonyl (C=O) groups is 2. The smallest absolute Gasteiger partial charge is 0.337 e. The third kappa shape index (κ3) is 3.56. The van der Waals surface area contributed by atoms with Crippen LogP contribution in [-0.4, -0.2) is 43.1 Å². The standard InChI is InChI=1S/C16H21N3O3S/c1-2-22-15(20)12-8-17-16(21)18-13(12)9-19-6-3-4-14(19)11-5-7-23-10-11/h5,7,10,14H,2-4,6,8-9H2,1H3,(H2,17,18,21)/t14-/m1/s1. The summed E-state index contributed by atoms with van der Waals surface area (Å²) in [4.78, 5) is 26.1. The molecule has 1 fully saturated rings. The molecule has 2 N–H and O–H groups in total. The fourth-order valence-electron chi connectivity index (χ4n) is 3.14. The van der Waals surface area contributed by atoms with Crippen LogP contribution in [0.3, 0.4) is 0 Å². The van der Waals surface area contributed by atoms with Crippen molar-refractivity contribution in [2.45, 2.75) is 25.8 Å². The number of thiophene rings is 1. The molecule has 1 saturated heterocycles. The zero-order chi connectivity index (χ0) is 16.2. The summed E-state index contributed by atoms with van der Waals surface area (Å²) in [6.45, 7) is 3.84. The van der Waals surface area contributed by atoms with Crippen LogP contribution in [0.25, 0.3) is 0 Å². The Kier molecular flexibility index (Phi) is 4.97. The number of amides is 2. The van der Waals surface area contributed by atoms with E-state index in [0.29, 0.717) is 30.5 Å². The van der Waals surface area contributed by atoms with Crippen molar-refractivity contribution in [3.8, 4) is 0 Å². The van der Waals surface area contributed by atoms with Crippen LogP contribution >= 0.6 is 11.3 Å². The van der Waals surface area contributed by atoms with Crippen LogP contribution in [0.4, 0.5) is 4.79 Å². The molecule has 2 amide bonds. The van der Waals surface area contributed by atoms with Crippen molar-refractivity contribution in [2.75, 3.05) is 26.2 Å². The number of likely N-dealkylation sites (tertiary alicyclic amines) is 1. The highest BCUT2D eigenvalue weighted by molar-refractivity contribution is 7.07. The van der Waals surface area contributed by atoms with Gasteiger partial charge in [0.2, 0.25) is 0 Å². The molecule has 6 nitrogen and oxygen atoms in total. The number of hydrogen-bond acceptors (Lipinski definition) is 5. The molecule has 2 aliphatic rings. The molecule has 0 radical (unpaired) electrons. The number of nitrogens with zero attached hydrogens (tertiary/aromatic N) is 1. The molecule has 0 unspecified atom stereocenters. The Morgan fingerprint density at radius 1 is 1.52 bits per heavy atom. The highest BCUT2D eigenvalue weighted by Gasteiger charge is 2.30. The predicted octanol–water partition coefficient (Wildman–Crippen LogP) is 2.01. The van der Waals surface area contributed by atoms with Gasteiger partial charge in [0.25, 0.3) is 0 Å². The van der Waals surface area contributed by atoms with Crippen LogP contribution in [0.5, 0.6) is 0 Å². The second-order valence-electron chi connectivity index (χ2n) is 5.67. The summed E-state index contributed by atoms with van der Waals surface area (Å²) in [6.07, 6.45) is 2.22. The van der Waals surface area contributed by atoms with Gasteiger partial charge in [0.15, 0.2) is 0 Å². The van der Waals surface area contributed by atoms with Gasteiger partial charge < -0.3 is 15.4 Å². The van der Waals surface area contributed by atoms with Crippen LogP contribution in [-0.2, 0) is 9.53 Å². The maximum Gasteiger partial charge on any atom is 0.337 e. The fraction of sp³-hybridized carbons (Fsp3) is 0.500. The summed E-state index contributed by atoms with van der Waals surface area (Å²) in [5.41, 5.74) is 2.49. The average Bonchev–Trinajstić information content (AvgIpc) is 3.18. The summed E-state index contributed by atoms with van der Waals surface area (Å²) in [5.74, 6) is -0.360. The number of rotatable bonds is 5. The molecule has 2 aliphatic heterocycles. The Hall–Kier alpha value is -1.86. The maximum absolute atomic E-state index is 12.1. The summed E-state index contributed by atoms with van der Waals surface area (Å²) in [6, 6.07) is 2.23. The van der Waals surface area contributed by atoms with E-state index in [-0.39, 0.29) is 18.5 Å². The summed E-state index contributed by atoms with van der Waals surface area (Å²) in [5, 5.41) is 9.68. The number of carbonyl (C=O) groups excluding carboxylic acids is 2. The number of esters is 1. The highest BCUT2D eigenvalue weighted by Crippen LogP contribution is 2.33. The van der Waals surface area contributed by atoms with Crippen LogP contribution < -0.4 is 10.6 Å². The second-order valence-corrected chi connectivity index (χ2v) is 6.45. The SMILES string of the molecule is CCOC(=O)C1=C(CN2CCC[C@@H]2c2ccsc2)NC(=O)NC1. The molecule has 0 bridgehead atoms. The zero-order valence-corrected chi connectivity index (χ0v) is 13.9. The molecule has 1 aromatic heterocycles. The third-order valence-corrected chi connectivity index (χ3v) is 4.93.